The molecule has 0 radical (unpaired) electrons. The lowest BCUT2D eigenvalue weighted by atomic mass is 10.0. The molecule has 10 nitrogen and oxygen atoms in total. The number of rotatable bonds is 11. The third-order valence-electron chi connectivity index (χ3n) is 5.97. The number of hydrogen-bond acceptors (Lipinski definition) is 8. The summed E-state index contributed by atoms with van der Waals surface area (Å²) in [5, 5.41) is 13.8. The molecule has 2 aliphatic rings. The number of benzene rings is 2. The first-order chi connectivity index (χ1) is 20.3. The highest BCUT2D eigenvalue weighted by Crippen LogP contribution is 2.33. The zero-order chi connectivity index (χ0) is 32.7. The van der Waals surface area contributed by atoms with Crippen LogP contribution < -0.4 is 11.1 Å². The minimum Gasteiger partial charge on any atom is -0.443 e. The van der Waals surface area contributed by atoms with Gasteiger partial charge in [-0.05, 0) is 48.5 Å². The Bertz CT molecular complexity index is 1440. The zero-order valence-electron chi connectivity index (χ0n) is 27.2. The van der Waals surface area contributed by atoms with Crippen molar-refractivity contribution in [2.75, 3.05) is 32.0 Å². The molecule has 2 aromatic rings. The summed E-state index contributed by atoms with van der Waals surface area (Å²) < 4.78 is 93.6. The minimum atomic E-state index is -4.12. The number of hydrogen-bond donors (Lipinski definition) is 3. The number of nitrogens with one attached hydrogen (secondary N) is 1. The Hall–Kier alpha value is -2.70. The Labute approximate surface area is 232 Å². The second-order valence-electron chi connectivity index (χ2n) is 9.46. The molecule has 1 amide bonds. The highest BCUT2D eigenvalue weighted by atomic mass is 32.2. The summed E-state index contributed by atoms with van der Waals surface area (Å²) in [6, 6.07) is 13.0. The van der Waals surface area contributed by atoms with Gasteiger partial charge in [-0.2, -0.15) is 4.31 Å². The maximum Gasteiger partial charge on any atom is 0.407 e. The number of carbonyl (C=O) groups excluding carboxylic acids is 1. The highest BCUT2D eigenvalue weighted by Gasteiger charge is 2.44. The van der Waals surface area contributed by atoms with Crippen molar-refractivity contribution in [1.29, 1.82) is 0 Å². The van der Waals surface area contributed by atoms with Gasteiger partial charge in [-0.3, -0.25) is 0 Å². The van der Waals surface area contributed by atoms with Crippen LogP contribution in [0, 0.1) is 11.8 Å². The van der Waals surface area contributed by atoms with E-state index in [0.717, 1.165) is 4.31 Å². The molecule has 0 saturated carbocycles. The lowest BCUT2D eigenvalue weighted by molar-refractivity contribution is -0.0907. The number of nitrogens with zero attached hydrogens (tertiary/aromatic N) is 1. The van der Waals surface area contributed by atoms with Crippen molar-refractivity contribution < 1.29 is 40.8 Å². The largest absolute Gasteiger partial charge is 0.443 e. The van der Waals surface area contributed by atoms with E-state index in [1.54, 1.807) is 44.2 Å². The fraction of sp³-hybridized carbons (Fsp3) is 0.519. The molecule has 4 rings (SSSR count). The SMILES string of the molecule is [2H]C1([2H])O[C@H]2OCC([2H])([2H])[C@@]2([2H])[C@@]1([2H])OC(=O)N[C@@H](Cc1ccccc1)[C@H](O)CN(CC(C)C)S(=O)(=O)c1ccc(N)cc1. The van der Waals surface area contributed by atoms with Crippen molar-refractivity contribution in [1.82, 2.24) is 9.62 Å². The number of sulfonamides is 1. The Balaban J connectivity index is 1.62. The van der Waals surface area contributed by atoms with Gasteiger partial charge in [-0.15, -0.1) is 0 Å². The van der Waals surface area contributed by atoms with Crippen LogP contribution in [0.25, 0.3) is 0 Å². The molecule has 2 aliphatic heterocycles. The van der Waals surface area contributed by atoms with E-state index in [0.29, 0.717) is 11.3 Å². The average Bonchev–Trinajstić information content (AvgIpc) is 3.25. The number of fused-ring (bicyclic) bond motifs is 1. The molecule has 38 heavy (non-hydrogen) atoms. The van der Waals surface area contributed by atoms with Gasteiger partial charge in [0.1, 0.15) is 6.08 Å². The first-order valence-corrected chi connectivity index (χ1v) is 13.6. The first-order valence-electron chi connectivity index (χ1n) is 15.2. The number of aliphatic hydroxyl groups excluding tert-OH is 1. The van der Waals surface area contributed by atoms with Gasteiger partial charge in [0.15, 0.2) is 6.29 Å². The van der Waals surface area contributed by atoms with Gasteiger partial charge in [0.2, 0.25) is 10.0 Å². The van der Waals surface area contributed by atoms with Gasteiger partial charge in [-0.1, -0.05) is 44.2 Å². The zero-order valence-corrected chi connectivity index (χ0v) is 22.0. The normalized spacial score (nSPS) is 31.7. The van der Waals surface area contributed by atoms with Gasteiger partial charge in [0, 0.05) is 22.9 Å². The Morgan fingerprint density at radius 1 is 1.21 bits per heavy atom. The van der Waals surface area contributed by atoms with E-state index in [2.05, 4.69) is 5.32 Å². The van der Waals surface area contributed by atoms with Crippen molar-refractivity contribution in [2.45, 2.75) is 56.1 Å². The van der Waals surface area contributed by atoms with Crippen LogP contribution in [-0.4, -0.2) is 74.7 Å². The summed E-state index contributed by atoms with van der Waals surface area (Å²) in [5.74, 6) is -2.94. The van der Waals surface area contributed by atoms with Crippen LogP contribution >= 0.6 is 0 Å². The molecule has 0 bridgehead atoms. The lowest BCUT2D eigenvalue weighted by Crippen LogP contribution is -2.51. The molecule has 0 aliphatic carbocycles. The maximum absolute atomic E-state index is 13.6. The predicted octanol–water partition coefficient (Wildman–Crippen LogP) is 2.38. The van der Waals surface area contributed by atoms with Gasteiger partial charge in [0.05, 0.1) is 40.2 Å². The molecule has 2 fully saturated rings. The minimum absolute atomic E-state index is 0.0253. The third-order valence-corrected chi connectivity index (χ3v) is 7.82. The summed E-state index contributed by atoms with van der Waals surface area (Å²) in [4.78, 5) is 13.2. The number of aliphatic hydroxyl groups is 1. The van der Waals surface area contributed by atoms with Crippen LogP contribution in [0.1, 0.15) is 34.0 Å². The summed E-state index contributed by atoms with van der Waals surface area (Å²) >= 11 is 0. The van der Waals surface area contributed by atoms with Crippen molar-refractivity contribution in [2.24, 2.45) is 11.8 Å². The standard InChI is InChI=1S/C27H37N3O7S/c1-18(2)15-30(38(33,34)21-10-8-20(28)9-11-21)16-24(31)23(14-19-6-4-3-5-7-19)29-27(32)37-25-17-36-26-22(25)12-13-35-26/h3-11,18,22-26,31H,12-17,28H2,1-2H3,(H,29,32)/t22-,23-,24+,25-,26+/m0/s1/i12D2,17D2,22D,25D. The Morgan fingerprint density at radius 2 is 1.92 bits per heavy atom. The van der Waals surface area contributed by atoms with Gasteiger partial charge in [0.25, 0.3) is 0 Å². The topological polar surface area (TPSA) is 140 Å². The molecule has 2 saturated heterocycles. The van der Waals surface area contributed by atoms with Crippen LogP contribution in [0.4, 0.5) is 10.5 Å². The molecule has 11 heteroatoms. The van der Waals surface area contributed by atoms with E-state index in [1.807, 2.05) is 0 Å². The van der Waals surface area contributed by atoms with Crippen molar-refractivity contribution in [3.63, 3.8) is 0 Å². The van der Waals surface area contributed by atoms with Crippen molar-refractivity contribution in [3.8, 4) is 0 Å². The number of nitrogen functional groups attached to an aromatic ring is 1. The van der Waals surface area contributed by atoms with E-state index in [1.165, 1.54) is 24.3 Å². The molecule has 0 unspecified atom stereocenters. The number of carbonyl (C=O) groups is 1. The van der Waals surface area contributed by atoms with Crippen molar-refractivity contribution >= 4 is 21.8 Å². The van der Waals surface area contributed by atoms with E-state index in [4.69, 9.17) is 28.2 Å². The highest BCUT2D eigenvalue weighted by molar-refractivity contribution is 7.89. The number of ether oxygens (including phenoxy) is 3. The fourth-order valence-corrected chi connectivity index (χ4v) is 5.73. The molecule has 4 N–H and O–H groups in total. The van der Waals surface area contributed by atoms with E-state index >= 15 is 0 Å². The fourth-order valence-electron chi connectivity index (χ4n) is 4.11. The van der Waals surface area contributed by atoms with E-state index in [9.17, 15) is 18.3 Å². The number of amides is 1. The number of anilines is 1. The molecular weight excluding hydrogens is 510 g/mol. The Kier molecular flexibility index (Phi) is 6.93. The van der Waals surface area contributed by atoms with Gasteiger partial charge < -0.3 is 30.4 Å². The molecular formula is C27H37N3O7S. The van der Waals surface area contributed by atoms with Gasteiger partial charge >= 0.3 is 6.09 Å². The summed E-state index contributed by atoms with van der Waals surface area (Å²) in [6.07, 6.45) is -10.7. The number of alkyl carbamates (subject to hydrolysis) is 1. The molecule has 2 aromatic carbocycles. The molecule has 208 valence electrons. The second kappa shape index (κ2) is 12.4. The molecule has 2 heterocycles. The predicted molar refractivity (Wildman–Crippen MR) is 142 cm³/mol. The van der Waals surface area contributed by atoms with Crippen LogP contribution in [0.3, 0.4) is 0 Å². The smallest absolute Gasteiger partial charge is 0.407 e. The lowest BCUT2D eigenvalue weighted by Gasteiger charge is -2.31. The van der Waals surface area contributed by atoms with Crippen LogP contribution in [-0.2, 0) is 30.7 Å². The summed E-state index contributed by atoms with van der Waals surface area (Å²) in [6.45, 7) is -0.659. The third kappa shape index (κ3) is 7.03. The molecule has 5 atom stereocenters. The van der Waals surface area contributed by atoms with Crippen molar-refractivity contribution in [3.05, 3.63) is 60.2 Å². The molecule has 0 aromatic heterocycles. The van der Waals surface area contributed by atoms with Gasteiger partial charge in [-0.25, -0.2) is 13.2 Å². The maximum atomic E-state index is 13.6. The first kappa shape index (κ1) is 21.2. The molecule has 0 spiro atoms. The average molecular weight is 554 g/mol. The van der Waals surface area contributed by atoms with Crippen LogP contribution in [0.2, 0.25) is 0 Å². The Morgan fingerprint density at radius 3 is 2.61 bits per heavy atom. The second-order valence-corrected chi connectivity index (χ2v) is 11.4. The quantitative estimate of drug-likeness (QED) is 0.360. The van der Waals surface area contributed by atoms with E-state index in [-0.39, 0.29) is 23.8 Å². The van der Waals surface area contributed by atoms with E-state index < -0.39 is 72.6 Å². The van der Waals surface area contributed by atoms with Crippen LogP contribution in [0.5, 0.6) is 0 Å². The number of nitrogens with two attached hydrogens (primary N) is 1. The monoisotopic (exact) mass is 553 g/mol. The summed E-state index contributed by atoms with van der Waals surface area (Å²) in [5.41, 5.74) is 6.73. The van der Waals surface area contributed by atoms with Crippen LogP contribution in [0.15, 0.2) is 59.5 Å². The summed E-state index contributed by atoms with van der Waals surface area (Å²) in [7, 11) is -4.12.